The van der Waals surface area contributed by atoms with Crippen LogP contribution in [-0.4, -0.2) is 44.8 Å². The molecule has 3 rings (SSSR count). The average Bonchev–Trinajstić information content (AvgIpc) is 2.85. The molecule has 36 heavy (non-hydrogen) atoms. The maximum atomic E-state index is 13.7. The van der Waals surface area contributed by atoms with Gasteiger partial charge in [-0.05, 0) is 61.9 Å². The Morgan fingerprint density at radius 2 is 1.56 bits per heavy atom. The molecular formula is C26H27Cl2N3O4S. The Bertz CT molecular complexity index is 1350. The minimum Gasteiger partial charge on any atom is -0.357 e. The number of carbonyl (C=O) groups is 2. The lowest BCUT2D eigenvalue weighted by atomic mass is 10.1. The maximum Gasteiger partial charge on any atom is 0.264 e. The van der Waals surface area contributed by atoms with Crippen LogP contribution >= 0.6 is 23.2 Å². The van der Waals surface area contributed by atoms with Crippen LogP contribution in [0.1, 0.15) is 18.1 Å². The van der Waals surface area contributed by atoms with Crippen LogP contribution in [0.5, 0.6) is 0 Å². The lowest BCUT2D eigenvalue weighted by Gasteiger charge is -2.31. The molecule has 7 nitrogen and oxygen atoms in total. The Hall–Kier alpha value is -3.07. The minimum atomic E-state index is -4.14. The molecule has 0 bridgehead atoms. The van der Waals surface area contributed by atoms with Gasteiger partial charge < -0.3 is 10.2 Å². The quantitative estimate of drug-likeness (QED) is 0.422. The highest BCUT2D eigenvalue weighted by atomic mass is 35.5. The summed E-state index contributed by atoms with van der Waals surface area (Å²) in [5, 5.41) is 3.34. The van der Waals surface area contributed by atoms with Gasteiger partial charge in [0, 0.05) is 23.6 Å². The highest BCUT2D eigenvalue weighted by Gasteiger charge is 2.32. The van der Waals surface area contributed by atoms with Crippen molar-refractivity contribution in [2.45, 2.75) is 31.3 Å². The maximum absolute atomic E-state index is 13.7. The fourth-order valence-corrected chi connectivity index (χ4v) is 5.42. The highest BCUT2D eigenvalue weighted by Crippen LogP contribution is 2.27. The molecule has 0 radical (unpaired) electrons. The summed E-state index contributed by atoms with van der Waals surface area (Å²) in [6, 6.07) is 18.7. The molecule has 0 aliphatic carbocycles. The van der Waals surface area contributed by atoms with Gasteiger partial charge >= 0.3 is 0 Å². The predicted octanol–water partition coefficient (Wildman–Crippen LogP) is 4.66. The fourth-order valence-electron chi connectivity index (χ4n) is 3.62. The van der Waals surface area contributed by atoms with Gasteiger partial charge in [0.2, 0.25) is 11.8 Å². The van der Waals surface area contributed by atoms with Gasteiger partial charge in [0.1, 0.15) is 12.6 Å². The number of rotatable bonds is 9. The van der Waals surface area contributed by atoms with E-state index in [1.54, 1.807) is 61.5 Å². The topological polar surface area (TPSA) is 86.8 Å². The van der Waals surface area contributed by atoms with Gasteiger partial charge in [-0.2, -0.15) is 0 Å². The molecule has 0 heterocycles. The third-order valence-corrected chi connectivity index (χ3v) is 7.90. The van der Waals surface area contributed by atoms with Crippen LogP contribution in [-0.2, 0) is 26.2 Å². The summed E-state index contributed by atoms with van der Waals surface area (Å²) < 4.78 is 28.4. The van der Waals surface area contributed by atoms with Crippen molar-refractivity contribution < 1.29 is 18.0 Å². The van der Waals surface area contributed by atoms with E-state index in [0.717, 1.165) is 9.87 Å². The lowest BCUT2D eigenvalue weighted by molar-refractivity contribution is -0.139. The number of nitrogens with zero attached hydrogens (tertiary/aromatic N) is 2. The zero-order valence-corrected chi connectivity index (χ0v) is 22.4. The number of carbonyl (C=O) groups excluding carboxylic acids is 2. The molecule has 0 spiro atoms. The molecule has 0 aliphatic heterocycles. The largest absolute Gasteiger partial charge is 0.357 e. The second kappa shape index (κ2) is 11.8. The molecule has 0 fully saturated rings. The molecule has 190 valence electrons. The zero-order chi connectivity index (χ0) is 26.5. The normalized spacial score (nSPS) is 12.0. The van der Waals surface area contributed by atoms with Gasteiger partial charge in [0.25, 0.3) is 10.0 Å². The second-order valence-corrected chi connectivity index (χ2v) is 11.0. The molecule has 0 aromatic heterocycles. The first-order chi connectivity index (χ1) is 17.0. The summed E-state index contributed by atoms with van der Waals surface area (Å²) in [6.45, 7) is 2.95. The molecule has 2 amide bonds. The van der Waals surface area contributed by atoms with E-state index in [1.807, 2.05) is 6.92 Å². The monoisotopic (exact) mass is 547 g/mol. The number of nitrogens with one attached hydrogen (secondary N) is 1. The van der Waals surface area contributed by atoms with Crippen molar-refractivity contribution in [3.05, 3.63) is 94.0 Å². The summed E-state index contributed by atoms with van der Waals surface area (Å²) in [6.07, 6.45) is 0. The molecule has 10 heteroatoms. The van der Waals surface area contributed by atoms with Crippen molar-refractivity contribution >= 4 is 50.7 Å². The summed E-state index contributed by atoms with van der Waals surface area (Å²) in [5.74, 6) is -0.956. The van der Waals surface area contributed by atoms with E-state index in [2.05, 4.69) is 5.32 Å². The Balaban J connectivity index is 2.03. The van der Waals surface area contributed by atoms with Crippen LogP contribution in [0.3, 0.4) is 0 Å². The van der Waals surface area contributed by atoms with Gasteiger partial charge in [0.15, 0.2) is 0 Å². The second-order valence-electron chi connectivity index (χ2n) is 8.25. The molecule has 0 unspecified atom stereocenters. The lowest BCUT2D eigenvalue weighted by Crippen LogP contribution is -2.50. The van der Waals surface area contributed by atoms with Gasteiger partial charge in [-0.3, -0.25) is 13.9 Å². The van der Waals surface area contributed by atoms with Gasteiger partial charge in [0.05, 0.1) is 10.6 Å². The van der Waals surface area contributed by atoms with E-state index in [1.165, 1.54) is 30.1 Å². The molecule has 0 saturated carbocycles. The van der Waals surface area contributed by atoms with Crippen molar-refractivity contribution in [1.29, 1.82) is 0 Å². The fraction of sp³-hybridized carbons (Fsp3) is 0.231. The van der Waals surface area contributed by atoms with E-state index >= 15 is 0 Å². The smallest absolute Gasteiger partial charge is 0.264 e. The highest BCUT2D eigenvalue weighted by molar-refractivity contribution is 7.92. The molecule has 3 aromatic rings. The van der Waals surface area contributed by atoms with E-state index in [-0.39, 0.29) is 23.0 Å². The summed E-state index contributed by atoms with van der Waals surface area (Å²) in [4.78, 5) is 27.5. The number of likely N-dealkylation sites (N-methyl/N-ethyl adjacent to an activating group) is 1. The number of aryl methyl sites for hydroxylation is 1. The molecule has 1 N–H and O–H groups in total. The van der Waals surface area contributed by atoms with Crippen molar-refractivity contribution in [3.63, 3.8) is 0 Å². The number of sulfonamides is 1. The van der Waals surface area contributed by atoms with Gasteiger partial charge in [-0.15, -0.1) is 0 Å². The predicted molar refractivity (Wildman–Crippen MR) is 143 cm³/mol. The third kappa shape index (κ3) is 6.57. The van der Waals surface area contributed by atoms with Crippen LogP contribution in [0.2, 0.25) is 10.0 Å². The molecule has 1 atom stereocenters. The van der Waals surface area contributed by atoms with Gasteiger partial charge in [-0.25, -0.2) is 8.42 Å². The standard InChI is InChI=1S/C26H27Cl2N3O4S/c1-18-10-12-24(13-11-18)36(34,35)31(23-9-5-8-22(28)15-23)17-25(32)30(19(2)26(33)29-3)16-20-6-4-7-21(27)14-20/h4-15,19H,16-17H2,1-3H3,(H,29,33)/t19-/m1/s1. The number of amides is 2. The van der Waals surface area contributed by atoms with Crippen molar-refractivity contribution in [1.82, 2.24) is 10.2 Å². The number of anilines is 1. The van der Waals surface area contributed by atoms with Gasteiger partial charge in [-0.1, -0.05) is 59.1 Å². The number of hydrogen-bond acceptors (Lipinski definition) is 4. The number of benzene rings is 3. The third-order valence-electron chi connectivity index (χ3n) is 5.64. The first-order valence-electron chi connectivity index (χ1n) is 11.1. The van der Waals surface area contributed by atoms with Crippen LogP contribution in [0.15, 0.2) is 77.7 Å². The molecule has 0 saturated heterocycles. The summed E-state index contributed by atoms with van der Waals surface area (Å²) >= 11 is 12.3. The molecule has 0 aliphatic rings. The van der Waals surface area contributed by atoms with Crippen molar-refractivity contribution in [2.24, 2.45) is 0 Å². The first kappa shape index (κ1) is 27.5. The summed E-state index contributed by atoms with van der Waals surface area (Å²) in [7, 11) is -2.67. The van der Waals surface area contributed by atoms with E-state index in [0.29, 0.717) is 15.6 Å². The van der Waals surface area contributed by atoms with E-state index < -0.39 is 28.5 Å². The first-order valence-corrected chi connectivity index (χ1v) is 13.3. The van der Waals surface area contributed by atoms with E-state index in [4.69, 9.17) is 23.2 Å². The van der Waals surface area contributed by atoms with Crippen LogP contribution in [0.25, 0.3) is 0 Å². The number of halogens is 2. The molecular weight excluding hydrogens is 521 g/mol. The van der Waals surface area contributed by atoms with Crippen molar-refractivity contribution in [3.8, 4) is 0 Å². The zero-order valence-electron chi connectivity index (χ0n) is 20.1. The van der Waals surface area contributed by atoms with E-state index in [9.17, 15) is 18.0 Å². The van der Waals surface area contributed by atoms with Crippen LogP contribution in [0, 0.1) is 6.92 Å². The Kier molecular flexibility index (Phi) is 9.00. The Morgan fingerprint density at radius 3 is 2.14 bits per heavy atom. The van der Waals surface area contributed by atoms with Crippen LogP contribution < -0.4 is 9.62 Å². The Labute approximate surface area is 221 Å². The van der Waals surface area contributed by atoms with Crippen molar-refractivity contribution in [2.75, 3.05) is 17.9 Å². The summed E-state index contributed by atoms with van der Waals surface area (Å²) in [5.41, 5.74) is 1.82. The Morgan fingerprint density at radius 1 is 0.944 bits per heavy atom. The SMILES string of the molecule is CNC(=O)[C@@H](C)N(Cc1cccc(Cl)c1)C(=O)CN(c1cccc(Cl)c1)S(=O)(=O)c1ccc(C)cc1. The molecule has 3 aromatic carbocycles. The van der Waals surface area contributed by atoms with Crippen LogP contribution in [0.4, 0.5) is 5.69 Å². The minimum absolute atomic E-state index is 0.0293. The average molecular weight is 548 g/mol. The number of hydrogen-bond donors (Lipinski definition) is 1.